The number of hydrogen-bond donors (Lipinski definition) is 3. The van der Waals surface area contributed by atoms with Crippen LogP contribution in [0.4, 0.5) is 5.69 Å². The van der Waals surface area contributed by atoms with Gasteiger partial charge in [0.2, 0.25) is 0 Å². The Morgan fingerprint density at radius 1 is 1.00 bits per heavy atom. The van der Waals surface area contributed by atoms with E-state index in [0.29, 0.717) is 22.8 Å². The molecule has 2 heterocycles. The quantitative estimate of drug-likeness (QED) is 0.358. The fourth-order valence-corrected chi connectivity index (χ4v) is 4.29. The third-order valence-corrected chi connectivity index (χ3v) is 6.21. The number of anilines is 1. The van der Waals surface area contributed by atoms with Crippen LogP contribution in [0.2, 0.25) is 0 Å². The summed E-state index contributed by atoms with van der Waals surface area (Å²) in [6.45, 7) is 1.65. The van der Waals surface area contributed by atoms with Crippen LogP contribution in [-0.4, -0.2) is 41.9 Å². The molecule has 0 saturated carbocycles. The van der Waals surface area contributed by atoms with Crippen molar-refractivity contribution in [2.75, 3.05) is 11.8 Å². The number of fused-ring (bicyclic) bond motifs is 1. The number of sulfonamides is 1. The van der Waals surface area contributed by atoms with Gasteiger partial charge >= 0.3 is 0 Å². The molecule has 2 aromatic heterocycles. The van der Waals surface area contributed by atoms with Crippen LogP contribution in [0.3, 0.4) is 0 Å². The highest BCUT2D eigenvalue weighted by molar-refractivity contribution is 7.92. The van der Waals surface area contributed by atoms with Gasteiger partial charge in [0.05, 0.1) is 17.7 Å². The van der Waals surface area contributed by atoms with Crippen molar-refractivity contribution >= 4 is 33.2 Å². The number of aromatic nitrogens is 3. The van der Waals surface area contributed by atoms with Gasteiger partial charge in [-0.1, -0.05) is 6.07 Å². The lowest BCUT2D eigenvalue weighted by Crippen LogP contribution is -2.41. The van der Waals surface area contributed by atoms with E-state index in [1.807, 2.05) is 0 Å². The van der Waals surface area contributed by atoms with Gasteiger partial charge in [0.15, 0.2) is 5.65 Å². The van der Waals surface area contributed by atoms with Gasteiger partial charge in [-0.05, 0) is 55.5 Å². The predicted molar refractivity (Wildman–Crippen MR) is 123 cm³/mol. The van der Waals surface area contributed by atoms with Gasteiger partial charge in [0.1, 0.15) is 11.3 Å². The SMILES string of the molecule is COc1ccc(NS(=O)(=O)c2cccc(C(=O)NNC(=O)c3c(C)nn4cccnc34)c2)cc1. The first kappa shape index (κ1) is 22.7. The molecule has 0 unspecified atom stereocenters. The predicted octanol–water partition coefficient (Wildman–Crippen LogP) is 1.92. The molecule has 3 N–H and O–H groups in total. The third kappa shape index (κ3) is 4.66. The van der Waals surface area contributed by atoms with Gasteiger partial charge in [-0.3, -0.25) is 25.2 Å². The average molecular weight is 481 g/mol. The molecule has 12 heteroatoms. The van der Waals surface area contributed by atoms with E-state index in [1.165, 1.54) is 42.1 Å². The van der Waals surface area contributed by atoms with Crippen molar-refractivity contribution in [1.82, 2.24) is 25.4 Å². The number of hydrazine groups is 1. The molecule has 0 aliphatic carbocycles. The van der Waals surface area contributed by atoms with E-state index in [4.69, 9.17) is 4.74 Å². The zero-order valence-electron chi connectivity index (χ0n) is 18.1. The Balaban J connectivity index is 1.47. The second kappa shape index (κ2) is 9.19. The summed E-state index contributed by atoms with van der Waals surface area (Å²) in [5.74, 6) is -0.722. The number of benzene rings is 2. The fraction of sp³-hybridized carbons (Fsp3) is 0.0909. The highest BCUT2D eigenvalue weighted by Crippen LogP contribution is 2.20. The number of hydrogen-bond acceptors (Lipinski definition) is 7. The molecule has 0 bridgehead atoms. The number of methoxy groups -OCH3 is 1. The van der Waals surface area contributed by atoms with Crippen LogP contribution < -0.4 is 20.3 Å². The van der Waals surface area contributed by atoms with Crippen molar-refractivity contribution in [3.8, 4) is 5.75 Å². The highest BCUT2D eigenvalue weighted by atomic mass is 32.2. The van der Waals surface area contributed by atoms with Crippen LogP contribution in [0, 0.1) is 6.92 Å². The number of carbonyl (C=O) groups is 2. The van der Waals surface area contributed by atoms with E-state index in [0.717, 1.165) is 0 Å². The molecule has 4 aromatic rings. The minimum Gasteiger partial charge on any atom is -0.497 e. The Kier molecular flexibility index (Phi) is 6.15. The van der Waals surface area contributed by atoms with Crippen molar-refractivity contribution in [3.63, 3.8) is 0 Å². The second-order valence-electron chi connectivity index (χ2n) is 7.12. The molecule has 0 spiro atoms. The first-order valence-corrected chi connectivity index (χ1v) is 11.4. The van der Waals surface area contributed by atoms with Gasteiger partial charge in [0, 0.05) is 23.6 Å². The van der Waals surface area contributed by atoms with Crippen LogP contribution in [0.1, 0.15) is 26.4 Å². The number of amides is 2. The summed E-state index contributed by atoms with van der Waals surface area (Å²) in [5.41, 5.74) is 5.95. The summed E-state index contributed by atoms with van der Waals surface area (Å²) in [7, 11) is -2.46. The molecule has 0 aliphatic rings. The molecule has 2 aromatic carbocycles. The monoisotopic (exact) mass is 480 g/mol. The zero-order chi connectivity index (χ0) is 24.3. The smallest absolute Gasteiger partial charge is 0.275 e. The van der Waals surface area contributed by atoms with Crippen LogP contribution >= 0.6 is 0 Å². The topological polar surface area (TPSA) is 144 Å². The standard InChI is InChI=1S/C22H20N6O5S/c1-14-19(20-23-11-4-12-28(20)26-14)22(30)25-24-21(29)15-5-3-6-18(13-15)34(31,32)27-16-7-9-17(33-2)10-8-16/h3-13,27H,1-2H3,(H,24,29)(H,25,30). The van der Waals surface area contributed by atoms with Crippen molar-refractivity contribution in [2.24, 2.45) is 0 Å². The molecular weight excluding hydrogens is 460 g/mol. The molecule has 0 aliphatic heterocycles. The molecule has 174 valence electrons. The molecule has 34 heavy (non-hydrogen) atoms. The van der Waals surface area contributed by atoms with Crippen molar-refractivity contribution < 1.29 is 22.7 Å². The van der Waals surface area contributed by atoms with Gasteiger partial charge in [-0.25, -0.2) is 17.9 Å². The van der Waals surface area contributed by atoms with Crippen LogP contribution in [0.25, 0.3) is 5.65 Å². The first-order valence-electron chi connectivity index (χ1n) is 9.96. The largest absolute Gasteiger partial charge is 0.497 e. The Labute approximate surface area is 194 Å². The minimum absolute atomic E-state index is 0.0348. The van der Waals surface area contributed by atoms with Gasteiger partial charge in [-0.2, -0.15) is 5.10 Å². The van der Waals surface area contributed by atoms with Gasteiger partial charge in [-0.15, -0.1) is 0 Å². The summed E-state index contributed by atoms with van der Waals surface area (Å²) in [6, 6.07) is 13.4. The van der Waals surface area contributed by atoms with Gasteiger partial charge < -0.3 is 4.74 Å². The lowest BCUT2D eigenvalue weighted by atomic mass is 10.2. The van der Waals surface area contributed by atoms with Crippen molar-refractivity contribution in [3.05, 3.63) is 83.8 Å². The molecule has 11 nitrogen and oxygen atoms in total. The van der Waals surface area contributed by atoms with E-state index < -0.39 is 21.8 Å². The Morgan fingerprint density at radius 3 is 2.47 bits per heavy atom. The van der Waals surface area contributed by atoms with E-state index in [2.05, 4.69) is 25.7 Å². The summed E-state index contributed by atoms with van der Waals surface area (Å²) in [4.78, 5) is 29.2. The summed E-state index contributed by atoms with van der Waals surface area (Å²) in [5, 5.41) is 4.20. The van der Waals surface area contributed by atoms with Crippen molar-refractivity contribution in [1.29, 1.82) is 0 Å². The van der Waals surface area contributed by atoms with E-state index in [9.17, 15) is 18.0 Å². The van der Waals surface area contributed by atoms with E-state index >= 15 is 0 Å². The molecule has 0 fully saturated rings. The average Bonchev–Trinajstić information content (AvgIpc) is 3.18. The minimum atomic E-state index is -3.96. The summed E-state index contributed by atoms with van der Waals surface area (Å²) in [6.07, 6.45) is 3.17. The second-order valence-corrected chi connectivity index (χ2v) is 8.80. The highest BCUT2D eigenvalue weighted by Gasteiger charge is 2.20. The number of nitrogens with zero attached hydrogens (tertiary/aromatic N) is 3. The number of aryl methyl sites for hydroxylation is 1. The van der Waals surface area contributed by atoms with Crippen LogP contribution in [0.5, 0.6) is 5.75 Å². The molecular formula is C22H20N6O5S. The molecule has 2 amide bonds. The fourth-order valence-electron chi connectivity index (χ4n) is 3.19. The Bertz CT molecular complexity index is 1480. The van der Waals surface area contributed by atoms with Gasteiger partial charge in [0.25, 0.3) is 21.8 Å². The van der Waals surface area contributed by atoms with Crippen LogP contribution in [-0.2, 0) is 10.0 Å². The molecule has 4 rings (SSSR count). The van der Waals surface area contributed by atoms with E-state index in [1.54, 1.807) is 43.5 Å². The number of nitrogens with one attached hydrogen (secondary N) is 3. The number of carbonyl (C=O) groups excluding carboxylic acids is 2. The molecule has 0 saturated heterocycles. The molecule has 0 radical (unpaired) electrons. The number of ether oxygens (including phenoxy) is 1. The summed E-state index contributed by atoms with van der Waals surface area (Å²) < 4.78 is 34.5. The zero-order valence-corrected chi connectivity index (χ0v) is 19.0. The maximum Gasteiger partial charge on any atom is 0.275 e. The third-order valence-electron chi connectivity index (χ3n) is 4.84. The van der Waals surface area contributed by atoms with Crippen LogP contribution in [0.15, 0.2) is 71.9 Å². The maximum absolute atomic E-state index is 12.8. The summed E-state index contributed by atoms with van der Waals surface area (Å²) >= 11 is 0. The van der Waals surface area contributed by atoms with E-state index in [-0.39, 0.29) is 16.0 Å². The normalized spacial score (nSPS) is 11.1. The Hall–Kier alpha value is -4.45. The Morgan fingerprint density at radius 2 is 1.74 bits per heavy atom. The first-order chi connectivity index (χ1) is 16.3. The molecule has 0 atom stereocenters. The number of rotatable bonds is 6. The van der Waals surface area contributed by atoms with Crippen molar-refractivity contribution in [2.45, 2.75) is 11.8 Å². The maximum atomic E-state index is 12.8. The lowest BCUT2D eigenvalue weighted by Gasteiger charge is -2.11. The lowest BCUT2D eigenvalue weighted by molar-refractivity contribution is 0.0847.